The highest BCUT2D eigenvalue weighted by molar-refractivity contribution is 5.88. The van der Waals surface area contributed by atoms with Gasteiger partial charge in [0.25, 0.3) is 0 Å². The van der Waals surface area contributed by atoms with E-state index in [1.807, 2.05) is 25.1 Å². The van der Waals surface area contributed by atoms with Crippen LogP contribution in [-0.4, -0.2) is 46.7 Å². The van der Waals surface area contributed by atoms with Crippen LogP contribution in [-0.2, 0) is 6.54 Å². The molecule has 2 aromatic rings. The summed E-state index contributed by atoms with van der Waals surface area (Å²) in [6.45, 7) is 7.41. The van der Waals surface area contributed by atoms with E-state index in [2.05, 4.69) is 43.5 Å². The Morgan fingerprint density at radius 2 is 2.16 bits per heavy atom. The Labute approximate surface area is 186 Å². The van der Waals surface area contributed by atoms with E-state index in [-0.39, 0.29) is 8.88 Å². The minimum atomic E-state index is -0.232. The number of nitrogens with two attached hydrogens (primary N) is 1. The number of nitrogens with zero attached hydrogens (tertiary/aromatic N) is 4. The maximum atomic E-state index is 11.7. The largest absolute Gasteiger partial charge is 0.405 e. The molecule has 1 saturated heterocycles. The van der Waals surface area contributed by atoms with Gasteiger partial charge in [-0.3, -0.25) is 10.2 Å². The van der Waals surface area contributed by atoms with Gasteiger partial charge in [0, 0.05) is 34.0 Å². The molecule has 3 rings (SSSR count). The maximum Gasteiger partial charge on any atom is 0.320 e. The Kier molecular flexibility index (Phi) is 8.12. The van der Waals surface area contributed by atoms with E-state index in [1.165, 1.54) is 11.8 Å². The van der Waals surface area contributed by atoms with Crippen LogP contribution in [0, 0.1) is 6.92 Å². The molecule has 0 atom stereocenters. The van der Waals surface area contributed by atoms with Gasteiger partial charge in [-0.25, -0.2) is 19.8 Å². The number of nitrogens with one attached hydrogen (secondary N) is 2. The molecular weight excluding hydrogens is 390 g/mol. The van der Waals surface area contributed by atoms with Crippen molar-refractivity contribution in [3.8, 4) is 0 Å². The van der Waals surface area contributed by atoms with Gasteiger partial charge in [-0.1, -0.05) is 6.07 Å². The molecule has 1 aliphatic rings. The number of rotatable bonds is 7. The molecule has 1 fully saturated rings. The number of piperidine rings is 1. The van der Waals surface area contributed by atoms with Crippen LogP contribution in [0.25, 0.3) is 0 Å². The minimum Gasteiger partial charge on any atom is -0.405 e. The van der Waals surface area contributed by atoms with Gasteiger partial charge in [0.15, 0.2) is 5.82 Å². The molecule has 0 spiro atoms. The smallest absolute Gasteiger partial charge is 0.320 e. The predicted molar refractivity (Wildman–Crippen MR) is 129 cm³/mol. The van der Waals surface area contributed by atoms with Gasteiger partial charge in [0.1, 0.15) is 5.82 Å². The average molecular weight is 426 g/mol. The Bertz CT molecular complexity index is 944. The zero-order valence-corrected chi connectivity index (χ0v) is 18.2. The van der Waals surface area contributed by atoms with Crippen LogP contribution in [0.1, 0.15) is 45.4 Å². The number of pyridine rings is 2. The SMILES string of the molecule is CCNC(=O)Nc1cc(CN2CCC(c3ccc(N=C/C=C\N)nc3C)CC2)ccn1.[HH].[HH]. The third kappa shape index (κ3) is 6.62. The number of amides is 2. The molecule has 2 amide bonds. The molecule has 1 aliphatic heterocycles. The van der Waals surface area contributed by atoms with Crippen molar-refractivity contribution in [1.29, 1.82) is 0 Å². The van der Waals surface area contributed by atoms with Crippen molar-refractivity contribution in [2.45, 2.75) is 39.2 Å². The number of aliphatic imine (C=N–C) groups is 1. The fourth-order valence-electron chi connectivity index (χ4n) is 3.85. The molecule has 2 aromatic heterocycles. The highest BCUT2D eigenvalue weighted by Crippen LogP contribution is 2.31. The molecule has 8 heteroatoms. The van der Waals surface area contributed by atoms with Crippen molar-refractivity contribution in [2.75, 3.05) is 25.0 Å². The van der Waals surface area contributed by atoms with E-state index in [1.54, 1.807) is 18.5 Å². The molecule has 0 aliphatic carbocycles. The highest BCUT2D eigenvalue weighted by Gasteiger charge is 2.22. The molecule has 3 heterocycles. The van der Waals surface area contributed by atoms with Crippen molar-refractivity contribution >= 4 is 23.9 Å². The van der Waals surface area contributed by atoms with E-state index in [0.717, 1.165) is 43.7 Å². The third-order valence-corrected chi connectivity index (χ3v) is 5.35. The number of aryl methyl sites for hydroxylation is 1. The van der Waals surface area contributed by atoms with Crippen LogP contribution >= 0.6 is 0 Å². The summed E-state index contributed by atoms with van der Waals surface area (Å²) in [6.07, 6.45) is 8.71. The first kappa shape index (κ1) is 22.4. The lowest BCUT2D eigenvalue weighted by Gasteiger charge is -2.32. The molecule has 0 aromatic carbocycles. The van der Waals surface area contributed by atoms with E-state index in [9.17, 15) is 4.79 Å². The van der Waals surface area contributed by atoms with Gasteiger partial charge < -0.3 is 11.1 Å². The normalized spacial score (nSPS) is 15.5. The summed E-state index contributed by atoms with van der Waals surface area (Å²) in [6, 6.07) is 7.83. The minimum absolute atomic E-state index is 0. The molecule has 0 unspecified atom stereocenters. The lowest BCUT2D eigenvalue weighted by molar-refractivity contribution is 0.204. The summed E-state index contributed by atoms with van der Waals surface area (Å²) in [7, 11) is 0. The highest BCUT2D eigenvalue weighted by atomic mass is 16.2. The van der Waals surface area contributed by atoms with Crippen molar-refractivity contribution in [1.82, 2.24) is 20.2 Å². The summed E-state index contributed by atoms with van der Waals surface area (Å²) in [5, 5.41) is 5.48. The molecule has 31 heavy (non-hydrogen) atoms. The third-order valence-electron chi connectivity index (χ3n) is 5.35. The van der Waals surface area contributed by atoms with Gasteiger partial charge in [-0.05, 0) is 87.3 Å². The number of likely N-dealkylation sites (tertiary alicyclic amines) is 1. The molecule has 4 N–H and O–H groups in total. The quantitative estimate of drug-likeness (QED) is 0.582. The van der Waals surface area contributed by atoms with Crippen LogP contribution in [0.2, 0.25) is 0 Å². The number of hydrogen-bond donors (Lipinski definition) is 3. The van der Waals surface area contributed by atoms with Gasteiger partial charge in [0.05, 0.1) is 0 Å². The fraction of sp³-hybridized carbons (Fsp3) is 0.391. The Hall–Kier alpha value is -3.26. The second kappa shape index (κ2) is 11.2. The van der Waals surface area contributed by atoms with Crippen molar-refractivity contribution in [3.63, 3.8) is 0 Å². The van der Waals surface area contributed by atoms with E-state index >= 15 is 0 Å². The fourth-order valence-corrected chi connectivity index (χ4v) is 3.85. The van der Waals surface area contributed by atoms with Crippen LogP contribution in [0.4, 0.5) is 16.4 Å². The summed E-state index contributed by atoms with van der Waals surface area (Å²) in [5.74, 6) is 1.79. The first-order valence-electron chi connectivity index (χ1n) is 10.7. The van der Waals surface area contributed by atoms with Gasteiger partial charge in [-0.15, -0.1) is 0 Å². The number of carbonyl (C=O) groups excluding carboxylic acids is 1. The second-order valence-electron chi connectivity index (χ2n) is 7.59. The number of urea groups is 1. The maximum absolute atomic E-state index is 11.7. The lowest BCUT2D eigenvalue weighted by Crippen LogP contribution is -2.33. The lowest BCUT2D eigenvalue weighted by atomic mass is 9.88. The first-order chi connectivity index (χ1) is 15.1. The van der Waals surface area contributed by atoms with Crippen LogP contribution < -0.4 is 16.4 Å². The number of hydrogen-bond acceptors (Lipinski definition) is 6. The summed E-state index contributed by atoms with van der Waals surface area (Å²) < 4.78 is 0. The number of aromatic nitrogens is 2. The second-order valence-corrected chi connectivity index (χ2v) is 7.59. The number of anilines is 1. The summed E-state index contributed by atoms with van der Waals surface area (Å²) >= 11 is 0. The van der Waals surface area contributed by atoms with E-state index < -0.39 is 0 Å². The zero-order chi connectivity index (χ0) is 22.1. The van der Waals surface area contributed by atoms with Gasteiger partial charge in [0.2, 0.25) is 0 Å². The molecule has 8 nitrogen and oxygen atoms in total. The molecule has 0 bridgehead atoms. The standard InChI is InChI=1S/C23H31N7O.2H2/c1-3-25-23(31)29-22-15-18(7-12-27-22)16-30-13-8-19(9-14-30)20-5-6-21(28-17(20)2)26-11-4-10-24;;/h4-7,10-12,15,19H,3,8-9,13-14,16,24H2,1-2H3,(H2,25,27,29,31);2*1H/b10-4-,26-11?;;. The van der Waals surface area contributed by atoms with E-state index in [4.69, 9.17) is 5.73 Å². The molecule has 0 saturated carbocycles. The van der Waals surface area contributed by atoms with Crippen LogP contribution in [0.15, 0.2) is 47.7 Å². The van der Waals surface area contributed by atoms with Crippen LogP contribution in [0.3, 0.4) is 0 Å². The van der Waals surface area contributed by atoms with Gasteiger partial charge in [-0.2, -0.15) is 0 Å². The van der Waals surface area contributed by atoms with Gasteiger partial charge >= 0.3 is 6.03 Å². The molecule has 168 valence electrons. The Morgan fingerprint density at radius 3 is 2.87 bits per heavy atom. The van der Waals surface area contributed by atoms with Crippen molar-refractivity contribution < 1.29 is 7.65 Å². The number of allylic oxidation sites excluding steroid dienone is 1. The molecule has 0 radical (unpaired) electrons. The molecular formula is C23H35N7O. The Morgan fingerprint density at radius 1 is 1.35 bits per heavy atom. The predicted octanol–water partition coefficient (Wildman–Crippen LogP) is 3.97. The topological polar surface area (TPSA) is 109 Å². The van der Waals surface area contributed by atoms with E-state index in [0.29, 0.717) is 24.1 Å². The average Bonchev–Trinajstić information content (AvgIpc) is 2.75. The monoisotopic (exact) mass is 425 g/mol. The van der Waals surface area contributed by atoms with Crippen molar-refractivity contribution in [3.05, 3.63) is 59.6 Å². The Balaban J connectivity index is 0.00000272. The first-order valence-corrected chi connectivity index (χ1v) is 10.7. The van der Waals surface area contributed by atoms with Crippen molar-refractivity contribution in [2.24, 2.45) is 10.7 Å². The van der Waals surface area contributed by atoms with Crippen LogP contribution in [0.5, 0.6) is 0 Å². The zero-order valence-electron chi connectivity index (χ0n) is 18.2. The summed E-state index contributed by atoms with van der Waals surface area (Å²) in [5.41, 5.74) is 8.82. The summed E-state index contributed by atoms with van der Waals surface area (Å²) in [4.78, 5) is 27.3. The number of carbonyl (C=O) groups is 1.